The van der Waals surface area contributed by atoms with E-state index in [0.29, 0.717) is 0 Å². The molecule has 59 heavy (non-hydrogen) atoms. The molecule has 314 valence electrons. The molecule has 0 saturated carbocycles. The van der Waals surface area contributed by atoms with E-state index < -0.39 is 0 Å². The molecule has 7 aromatic rings. The first-order valence-corrected chi connectivity index (χ1v) is 28.6. The summed E-state index contributed by atoms with van der Waals surface area (Å²) in [5, 5.41) is 2.33. The maximum absolute atomic E-state index is 2.55. The quantitative estimate of drug-likeness (QED) is 0.0475. The van der Waals surface area contributed by atoms with Gasteiger partial charge in [-0.25, -0.2) is 0 Å². The Morgan fingerprint density at radius 1 is 0.305 bits per heavy atom. The van der Waals surface area contributed by atoms with Crippen LogP contribution >= 0.6 is 79.4 Å². The lowest BCUT2D eigenvalue weighted by Crippen LogP contribution is -1.80. The van der Waals surface area contributed by atoms with Gasteiger partial charge in [0.15, 0.2) is 0 Å². The van der Waals surface area contributed by atoms with Gasteiger partial charge in [-0.15, -0.1) is 79.4 Å². The van der Waals surface area contributed by atoms with Gasteiger partial charge in [-0.2, -0.15) is 0 Å². The fourth-order valence-corrected chi connectivity index (χ4v) is 16.0. The summed E-state index contributed by atoms with van der Waals surface area (Å²) in [7, 11) is 0. The molecule has 7 rings (SSSR count). The Morgan fingerprint density at radius 2 is 0.678 bits per heavy atom. The van der Waals surface area contributed by atoms with E-state index in [1.165, 1.54) is 209 Å². The summed E-state index contributed by atoms with van der Waals surface area (Å²) in [4.78, 5) is 19.0. The summed E-state index contributed by atoms with van der Waals surface area (Å²) in [6.45, 7) is 9.22. The third kappa shape index (κ3) is 12.1. The Kier molecular flexibility index (Phi) is 17.8. The van der Waals surface area contributed by atoms with E-state index in [9.17, 15) is 0 Å². The second-order valence-corrected chi connectivity index (χ2v) is 23.9. The third-order valence-corrected chi connectivity index (χ3v) is 19.8. The van der Waals surface area contributed by atoms with Gasteiger partial charge in [0.2, 0.25) is 0 Å². The average Bonchev–Trinajstić information content (AvgIpc) is 4.10. The molecule has 0 atom stereocenters. The van der Waals surface area contributed by atoms with E-state index in [1.807, 2.05) is 79.4 Å². The van der Waals surface area contributed by atoms with E-state index in [-0.39, 0.29) is 0 Å². The zero-order valence-corrected chi connectivity index (χ0v) is 41.6. The molecule has 7 aromatic heterocycles. The molecular weight excluding hydrogens is 849 g/mol. The molecule has 0 aliphatic rings. The van der Waals surface area contributed by atoms with Crippen LogP contribution in [-0.2, 0) is 25.7 Å². The first kappa shape index (κ1) is 44.9. The van der Waals surface area contributed by atoms with Crippen LogP contribution in [0, 0.1) is 0 Å². The van der Waals surface area contributed by atoms with Gasteiger partial charge in [-0.3, -0.25) is 0 Å². The first-order valence-electron chi connectivity index (χ1n) is 22.8. The molecule has 7 heteroatoms. The Labute approximate surface area is 384 Å². The van der Waals surface area contributed by atoms with Crippen molar-refractivity contribution in [2.45, 2.75) is 156 Å². The maximum atomic E-state index is 2.55. The van der Waals surface area contributed by atoms with Gasteiger partial charge in [-0.05, 0) is 123 Å². The van der Waals surface area contributed by atoms with Gasteiger partial charge < -0.3 is 0 Å². The smallest absolute Gasteiger partial charge is 0.0536 e. The number of rotatable bonds is 26. The van der Waals surface area contributed by atoms with Crippen LogP contribution in [0.5, 0.6) is 0 Å². The highest BCUT2D eigenvalue weighted by molar-refractivity contribution is 7.28. The Balaban J connectivity index is 1.23. The SMILES string of the molecule is CCCCCCc1ccc(-c2cc(-c3ccsc3-c3cc(-c4ccc(CCCCCC)s4)c(-c4ccc(CCCCCC)s4)s3)sc2-c2ccc(CCCCCC)s2)s1. The highest BCUT2D eigenvalue weighted by Crippen LogP contribution is 2.53. The maximum Gasteiger partial charge on any atom is 0.0536 e. The summed E-state index contributed by atoms with van der Waals surface area (Å²) < 4.78 is 0. The molecule has 0 N–H and O–H groups in total. The zero-order valence-electron chi connectivity index (χ0n) is 35.9. The molecule has 0 fully saturated rings. The highest BCUT2D eigenvalue weighted by atomic mass is 32.1. The van der Waals surface area contributed by atoms with Crippen molar-refractivity contribution < 1.29 is 0 Å². The lowest BCUT2D eigenvalue weighted by Gasteiger charge is -2.00. The predicted octanol–water partition coefficient (Wildman–Crippen LogP) is 20.6. The van der Waals surface area contributed by atoms with Gasteiger partial charge >= 0.3 is 0 Å². The Hall–Kier alpha value is -2.10. The lowest BCUT2D eigenvalue weighted by molar-refractivity contribution is 0.670. The molecule has 0 unspecified atom stereocenters. The van der Waals surface area contributed by atoms with E-state index in [0.717, 1.165) is 0 Å². The average molecular weight is 914 g/mol. The number of unbranched alkanes of at least 4 members (excludes halogenated alkanes) is 12. The molecule has 0 aliphatic carbocycles. The van der Waals surface area contributed by atoms with Gasteiger partial charge in [0.25, 0.3) is 0 Å². The predicted molar refractivity (Wildman–Crippen MR) is 276 cm³/mol. The molecule has 0 bridgehead atoms. The number of hydrogen-bond acceptors (Lipinski definition) is 7. The Bertz CT molecular complexity index is 1980. The van der Waals surface area contributed by atoms with Gasteiger partial charge in [0, 0.05) is 65.5 Å². The largest absolute Gasteiger partial charge is 0.142 e. The zero-order chi connectivity index (χ0) is 40.8. The standard InChI is InChI=1S/C52H64S7/c1-5-9-13-17-21-37-25-29-44(54-37)42-35-48(58-51(42)46-31-27-39(56-46)23-19-15-11-7-3)41-33-34-53-50(41)49-36-43(45-30-26-38(55-45)22-18-14-10-6-2)52(59-49)47-32-28-40(57-47)24-20-16-12-8-4/h25-36H,5-24H2,1-4H3. The fraction of sp³-hybridized carbons (Fsp3) is 0.462. The normalized spacial score (nSPS) is 11.7. The third-order valence-electron chi connectivity index (χ3n) is 11.4. The molecule has 0 radical (unpaired) electrons. The van der Waals surface area contributed by atoms with E-state index in [1.54, 1.807) is 0 Å². The van der Waals surface area contributed by atoms with Crippen molar-refractivity contribution in [3.8, 4) is 60.6 Å². The molecular formula is C52H64S7. The van der Waals surface area contributed by atoms with Crippen molar-refractivity contribution in [2.24, 2.45) is 0 Å². The summed E-state index contributed by atoms with van der Waals surface area (Å²) >= 11 is 14.1. The van der Waals surface area contributed by atoms with Crippen LogP contribution in [0.1, 0.15) is 150 Å². The number of thiophene rings is 7. The Morgan fingerprint density at radius 3 is 1.10 bits per heavy atom. The van der Waals surface area contributed by atoms with Crippen LogP contribution in [0.3, 0.4) is 0 Å². The number of hydrogen-bond donors (Lipinski definition) is 0. The molecule has 0 saturated heterocycles. The van der Waals surface area contributed by atoms with Crippen LogP contribution in [0.15, 0.2) is 72.1 Å². The van der Waals surface area contributed by atoms with Gasteiger partial charge in [0.1, 0.15) is 0 Å². The van der Waals surface area contributed by atoms with Crippen molar-refractivity contribution >= 4 is 79.4 Å². The van der Waals surface area contributed by atoms with Crippen LogP contribution < -0.4 is 0 Å². The minimum absolute atomic E-state index is 1.20. The topological polar surface area (TPSA) is 0 Å². The minimum atomic E-state index is 1.20. The molecule has 0 aliphatic heterocycles. The van der Waals surface area contributed by atoms with Crippen molar-refractivity contribution in [3.63, 3.8) is 0 Å². The van der Waals surface area contributed by atoms with E-state index in [2.05, 4.69) is 99.8 Å². The minimum Gasteiger partial charge on any atom is -0.142 e. The van der Waals surface area contributed by atoms with Crippen molar-refractivity contribution in [3.05, 3.63) is 91.6 Å². The summed E-state index contributed by atoms with van der Waals surface area (Å²) in [6.07, 6.45) is 25.8. The summed E-state index contributed by atoms with van der Waals surface area (Å²) in [5.74, 6) is 0. The van der Waals surface area contributed by atoms with Gasteiger partial charge in [-0.1, -0.05) is 105 Å². The van der Waals surface area contributed by atoms with Crippen LogP contribution in [0.2, 0.25) is 0 Å². The first-order chi connectivity index (χ1) is 29.1. The van der Waals surface area contributed by atoms with E-state index in [4.69, 9.17) is 0 Å². The highest BCUT2D eigenvalue weighted by Gasteiger charge is 2.23. The molecule has 0 spiro atoms. The van der Waals surface area contributed by atoms with Crippen molar-refractivity contribution in [1.29, 1.82) is 0 Å². The summed E-state index contributed by atoms with van der Waals surface area (Å²) in [6, 6.07) is 26.8. The number of aryl methyl sites for hydroxylation is 4. The molecule has 0 aromatic carbocycles. The summed E-state index contributed by atoms with van der Waals surface area (Å²) in [5.41, 5.74) is 4.25. The van der Waals surface area contributed by atoms with Crippen LogP contribution in [-0.4, -0.2) is 0 Å². The van der Waals surface area contributed by atoms with Crippen molar-refractivity contribution in [1.82, 2.24) is 0 Å². The van der Waals surface area contributed by atoms with Crippen LogP contribution in [0.4, 0.5) is 0 Å². The monoisotopic (exact) mass is 912 g/mol. The van der Waals surface area contributed by atoms with Crippen molar-refractivity contribution in [2.75, 3.05) is 0 Å². The van der Waals surface area contributed by atoms with Crippen LogP contribution in [0.25, 0.3) is 60.6 Å². The van der Waals surface area contributed by atoms with Gasteiger partial charge in [0.05, 0.1) is 14.6 Å². The molecule has 0 amide bonds. The van der Waals surface area contributed by atoms with E-state index >= 15 is 0 Å². The lowest BCUT2D eigenvalue weighted by atomic mass is 10.1. The second-order valence-electron chi connectivity index (χ2n) is 16.2. The second kappa shape index (κ2) is 23.4. The fourth-order valence-electron chi connectivity index (χ4n) is 7.94. The molecule has 7 heterocycles. The molecule has 0 nitrogen and oxygen atoms in total.